The molecule has 1 rings (SSSR count). The Morgan fingerprint density at radius 3 is 2.68 bits per heavy atom. The Morgan fingerprint density at radius 1 is 1.32 bits per heavy atom. The second kappa shape index (κ2) is 9.02. The molecule has 0 bridgehead atoms. The monoisotopic (exact) mass is 265 g/mol. The summed E-state index contributed by atoms with van der Waals surface area (Å²) in [5.41, 5.74) is 1.13. The van der Waals surface area contributed by atoms with Crippen LogP contribution in [0.25, 0.3) is 0 Å². The number of nitrogens with zero attached hydrogens (tertiary/aromatic N) is 2. The number of hydrogen-bond donors (Lipinski definition) is 2. The van der Waals surface area contributed by atoms with Gasteiger partial charge < -0.3 is 15.3 Å². The minimum absolute atomic E-state index is 0.192. The Labute approximate surface area is 116 Å². The summed E-state index contributed by atoms with van der Waals surface area (Å²) in [5.74, 6) is 0. The summed E-state index contributed by atoms with van der Waals surface area (Å²) in [6.07, 6.45) is 3.77. The fourth-order valence-corrected chi connectivity index (χ4v) is 2.04. The first-order valence-electron chi connectivity index (χ1n) is 7.07. The van der Waals surface area contributed by atoms with Crippen LogP contribution in [0.3, 0.4) is 0 Å². The van der Waals surface area contributed by atoms with Crippen molar-refractivity contribution in [3.05, 3.63) is 30.1 Å². The fourth-order valence-electron chi connectivity index (χ4n) is 2.04. The van der Waals surface area contributed by atoms with Gasteiger partial charge in [-0.25, -0.2) is 0 Å². The van der Waals surface area contributed by atoms with Gasteiger partial charge >= 0.3 is 0 Å². The molecule has 1 aromatic heterocycles. The summed E-state index contributed by atoms with van der Waals surface area (Å²) >= 11 is 0. The molecule has 0 aliphatic heterocycles. The molecule has 19 heavy (non-hydrogen) atoms. The zero-order valence-corrected chi connectivity index (χ0v) is 12.3. The number of aliphatic hydroxyl groups is 1. The summed E-state index contributed by atoms with van der Waals surface area (Å²) in [6, 6.07) is 6.63. The molecule has 0 aliphatic carbocycles. The van der Waals surface area contributed by atoms with Crippen LogP contribution in [0.1, 0.15) is 26.0 Å². The maximum Gasteiger partial charge on any atom is 0.0585 e. The van der Waals surface area contributed by atoms with E-state index in [4.69, 9.17) is 0 Å². The van der Waals surface area contributed by atoms with Crippen LogP contribution in [0.15, 0.2) is 24.4 Å². The van der Waals surface area contributed by atoms with Gasteiger partial charge in [0, 0.05) is 36.9 Å². The summed E-state index contributed by atoms with van der Waals surface area (Å²) in [7, 11) is 2.12. The maximum atomic E-state index is 9.30. The Kier molecular flexibility index (Phi) is 7.63. The number of nitrogens with one attached hydrogen (secondary N) is 1. The van der Waals surface area contributed by atoms with Crippen LogP contribution in [0.4, 0.5) is 0 Å². The van der Waals surface area contributed by atoms with Gasteiger partial charge in [-0.1, -0.05) is 19.9 Å². The topological polar surface area (TPSA) is 48.4 Å². The molecule has 0 saturated heterocycles. The number of rotatable bonds is 9. The van der Waals surface area contributed by atoms with E-state index in [1.165, 1.54) is 0 Å². The van der Waals surface area contributed by atoms with Crippen molar-refractivity contribution >= 4 is 0 Å². The predicted octanol–water partition coefficient (Wildman–Crippen LogP) is 1.30. The molecule has 0 spiro atoms. The van der Waals surface area contributed by atoms with Gasteiger partial charge in [-0.2, -0.15) is 0 Å². The third-order valence-corrected chi connectivity index (χ3v) is 3.12. The highest BCUT2D eigenvalue weighted by atomic mass is 16.3. The number of aliphatic hydroxyl groups excluding tert-OH is 1. The highest BCUT2D eigenvalue weighted by Crippen LogP contribution is 1.99. The standard InChI is InChI=1S/C15H27N3O/c1-13(2)17-15(12-19)8-11-18(3)10-7-14-6-4-5-9-16-14/h4-6,9,13,15,17,19H,7-8,10-12H2,1-3H3. The Morgan fingerprint density at radius 2 is 2.11 bits per heavy atom. The summed E-state index contributed by atoms with van der Waals surface area (Å²) in [5, 5.41) is 12.7. The highest BCUT2D eigenvalue weighted by molar-refractivity contribution is 5.03. The number of aromatic nitrogens is 1. The number of hydrogen-bond acceptors (Lipinski definition) is 4. The lowest BCUT2D eigenvalue weighted by Crippen LogP contribution is -2.40. The van der Waals surface area contributed by atoms with Crippen LogP contribution < -0.4 is 5.32 Å². The van der Waals surface area contributed by atoms with E-state index in [0.29, 0.717) is 6.04 Å². The van der Waals surface area contributed by atoms with E-state index >= 15 is 0 Å². The molecular weight excluding hydrogens is 238 g/mol. The van der Waals surface area contributed by atoms with Gasteiger partial charge in [0.25, 0.3) is 0 Å². The van der Waals surface area contributed by atoms with Crippen molar-refractivity contribution < 1.29 is 5.11 Å². The van der Waals surface area contributed by atoms with E-state index in [9.17, 15) is 5.11 Å². The minimum Gasteiger partial charge on any atom is -0.395 e. The second-order valence-electron chi connectivity index (χ2n) is 5.36. The SMILES string of the molecule is CC(C)NC(CO)CCN(C)CCc1ccccn1. The summed E-state index contributed by atoms with van der Waals surface area (Å²) in [4.78, 5) is 6.61. The molecule has 0 radical (unpaired) electrons. The second-order valence-corrected chi connectivity index (χ2v) is 5.36. The van der Waals surface area contributed by atoms with Crippen molar-refractivity contribution in [2.45, 2.75) is 38.8 Å². The van der Waals surface area contributed by atoms with E-state index in [-0.39, 0.29) is 12.6 Å². The van der Waals surface area contributed by atoms with Gasteiger partial charge in [-0.15, -0.1) is 0 Å². The molecule has 1 atom stereocenters. The lowest BCUT2D eigenvalue weighted by Gasteiger charge is -2.22. The van der Waals surface area contributed by atoms with E-state index in [1.807, 2.05) is 18.3 Å². The average Bonchev–Trinajstić information content (AvgIpc) is 2.42. The van der Waals surface area contributed by atoms with E-state index in [1.54, 1.807) is 0 Å². The first-order valence-corrected chi connectivity index (χ1v) is 7.07. The van der Waals surface area contributed by atoms with Gasteiger partial charge in [0.05, 0.1) is 6.61 Å². The maximum absolute atomic E-state index is 9.30. The van der Waals surface area contributed by atoms with Gasteiger partial charge in [0.15, 0.2) is 0 Å². The van der Waals surface area contributed by atoms with Crippen molar-refractivity contribution in [2.75, 3.05) is 26.7 Å². The van der Waals surface area contributed by atoms with Crippen LogP contribution in [0.2, 0.25) is 0 Å². The molecular formula is C15H27N3O. The van der Waals surface area contributed by atoms with Crippen molar-refractivity contribution in [1.82, 2.24) is 15.2 Å². The van der Waals surface area contributed by atoms with Gasteiger partial charge in [-0.05, 0) is 32.1 Å². The molecule has 4 nitrogen and oxygen atoms in total. The van der Waals surface area contributed by atoms with E-state index in [2.05, 4.69) is 42.2 Å². The summed E-state index contributed by atoms with van der Waals surface area (Å²) in [6.45, 7) is 6.39. The molecule has 0 amide bonds. The fraction of sp³-hybridized carbons (Fsp3) is 0.667. The number of pyridine rings is 1. The molecule has 108 valence electrons. The molecule has 4 heteroatoms. The Bertz CT molecular complexity index is 329. The van der Waals surface area contributed by atoms with Crippen LogP contribution in [-0.4, -0.2) is 53.8 Å². The van der Waals surface area contributed by atoms with Crippen LogP contribution in [0, 0.1) is 0 Å². The number of likely N-dealkylation sites (N-methyl/N-ethyl adjacent to an activating group) is 1. The molecule has 0 aromatic carbocycles. The third kappa shape index (κ3) is 7.25. The molecule has 0 aliphatic rings. The van der Waals surface area contributed by atoms with Gasteiger partial charge in [-0.3, -0.25) is 4.98 Å². The van der Waals surface area contributed by atoms with Gasteiger partial charge in [0.2, 0.25) is 0 Å². The van der Waals surface area contributed by atoms with E-state index in [0.717, 1.165) is 31.6 Å². The Hall–Kier alpha value is -0.970. The highest BCUT2D eigenvalue weighted by Gasteiger charge is 2.09. The molecule has 1 unspecified atom stereocenters. The molecule has 0 saturated carbocycles. The normalized spacial score (nSPS) is 13.2. The molecule has 0 fully saturated rings. The van der Waals surface area contributed by atoms with Crippen LogP contribution in [0.5, 0.6) is 0 Å². The minimum atomic E-state index is 0.192. The van der Waals surface area contributed by atoms with Crippen molar-refractivity contribution in [1.29, 1.82) is 0 Å². The first kappa shape index (κ1) is 16.1. The lowest BCUT2D eigenvalue weighted by molar-refractivity contribution is 0.211. The van der Waals surface area contributed by atoms with E-state index < -0.39 is 0 Å². The quantitative estimate of drug-likeness (QED) is 0.707. The average molecular weight is 265 g/mol. The van der Waals surface area contributed by atoms with Crippen molar-refractivity contribution in [2.24, 2.45) is 0 Å². The predicted molar refractivity (Wildman–Crippen MR) is 79.2 cm³/mol. The zero-order chi connectivity index (χ0) is 14.1. The lowest BCUT2D eigenvalue weighted by atomic mass is 10.2. The molecule has 2 N–H and O–H groups in total. The molecule has 1 heterocycles. The Balaban J connectivity index is 2.21. The first-order chi connectivity index (χ1) is 9.11. The van der Waals surface area contributed by atoms with Crippen LogP contribution in [-0.2, 0) is 6.42 Å². The summed E-state index contributed by atoms with van der Waals surface area (Å²) < 4.78 is 0. The molecule has 1 aromatic rings. The van der Waals surface area contributed by atoms with Crippen molar-refractivity contribution in [3.8, 4) is 0 Å². The third-order valence-electron chi connectivity index (χ3n) is 3.12. The smallest absolute Gasteiger partial charge is 0.0585 e. The van der Waals surface area contributed by atoms with Crippen molar-refractivity contribution in [3.63, 3.8) is 0 Å². The van der Waals surface area contributed by atoms with Gasteiger partial charge in [0.1, 0.15) is 0 Å². The van der Waals surface area contributed by atoms with Crippen LogP contribution >= 0.6 is 0 Å². The zero-order valence-electron chi connectivity index (χ0n) is 12.3. The largest absolute Gasteiger partial charge is 0.395 e.